The van der Waals surface area contributed by atoms with Gasteiger partial charge in [0.15, 0.2) is 5.54 Å². The van der Waals surface area contributed by atoms with E-state index in [1.807, 2.05) is 4.90 Å². The Hall–Kier alpha value is -0.900. The van der Waals surface area contributed by atoms with Gasteiger partial charge in [-0.25, -0.2) is 0 Å². The third-order valence-electron chi connectivity index (χ3n) is 4.97. The van der Waals surface area contributed by atoms with Crippen molar-refractivity contribution >= 4 is 11.7 Å². The third-order valence-corrected chi connectivity index (χ3v) is 4.97. The summed E-state index contributed by atoms with van der Waals surface area (Å²) in [5, 5.41) is 0. The number of nitrogens with zero attached hydrogens (tertiary/aromatic N) is 3. The molecule has 1 saturated heterocycles. The molecule has 0 aromatic heterocycles. The molecule has 1 aliphatic carbocycles. The number of amidine groups is 1. The predicted octanol–water partition coefficient (Wildman–Crippen LogP) is 1.90. The number of amides is 1. The lowest BCUT2D eigenvalue weighted by molar-refractivity contribution is -0.132. The van der Waals surface area contributed by atoms with Crippen molar-refractivity contribution in [2.75, 3.05) is 26.7 Å². The number of hydrogen-bond donors (Lipinski definition) is 0. The molecule has 0 bridgehead atoms. The summed E-state index contributed by atoms with van der Waals surface area (Å²) in [5.74, 6) is 2.11. The summed E-state index contributed by atoms with van der Waals surface area (Å²) in [7, 11) is 2.10. The van der Waals surface area contributed by atoms with Crippen LogP contribution in [0, 0.1) is 5.92 Å². The van der Waals surface area contributed by atoms with Gasteiger partial charge in [-0.05, 0) is 39.3 Å². The molecule has 2 heterocycles. The van der Waals surface area contributed by atoms with Crippen LogP contribution in [0.1, 0.15) is 45.4 Å². The molecule has 3 aliphatic rings. The molecule has 1 saturated carbocycles. The van der Waals surface area contributed by atoms with E-state index in [2.05, 4.69) is 18.9 Å². The van der Waals surface area contributed by atoms with Crippen LogP contribution in [0.4, 0.5) is 0 Å². The molecule has 4 heteroatoms. The number of rotatable bonds is 3. The molecule has 0 aromatic carbocycles. The highest BCUT2D eigenvalue weighted by atomic mass is 16.2. The van der Waals surface area contributed by atoms with Crippen LogP contribution >= 0.6 is 0 Å². The zero-order valence-corrected chi connectivity index (χ0v) is 12.2. The SMILES string of the molecule is CCN1C(=O)C2(CCCN(C)C2)N=C1CC1CCC1. The van der Waals surface area contributed by atoms with Crippen LogP contribution < -0.4 is 0 Å². The van der Waals surface area contributed by atoms with Crippen molar-refractivity contribution in [2.24, 2.45) is 10.9 Å². The first kappa shape index (κ1) is 13.1. The maximum absolute atomic E-state index is 12.7. The molecule has 0 N–H and O–H groups in total. The molecule has 1 atom stereocenters. The van der Waals surface area contributed by atoms with E-state index in [4.69, 9.17) is 4.99 Å². The Balaban J connectivity index is 1.81. The van der Waals surface area contributed by atoms with Crippen molar-refractivity contribution in [1.29, 1.82) is 0 Å². The molecule has 1 unspecified atom stereocenters. The molecule has 3 rings (SSSR count). The standard InChI is InChI=1S/C15H25N3O/c1-3-18-13(10-12-6-4-7-12)16-15(14(18)19)8-5-9-17(2)11-15/h12H,3-11H2,1-2H3. The van der Waals surface area contributed by atoms with E-state index in [0.29, 0.717) is 0 Å². The number of carbonyl (C=O) groups excluding carboxylic acids is 1. The van der Waals surface area contributed by atoms with Crippen molar-refractivity contribution in [3.63, 3.8) is 0 Å². The summed E-state index contributed by atoms with van der Waals surface area (Å²) in [6, 6.07) is 0. The minimum absolute atomic E-state index is 0.260. The second-order valence-electron chi connectivity index (χ2n) is 6.45. The van der Waals surface area contributed by atoms with Crippen LogP contribution in [0.5, 0.6) is 0 Å². The number of likely N-dealkylation sites (N-methyl/N-ethyl adjacent to an activating group) is 2. The highest BCUT2D eigenvalue weighted by molar-refractivity contribution is 6.08. The largest absolute Gasteiger partial charge is 0.303 e. The van der Waals surface area contributed by atoms with Gasteiger partial charge in [0.25, 0.3) is 5.91 Å². The highest BCUT2D eigenvalue weighted by Crippen LogP contribution is 2.36. The monoisotopic (exact) mass is 263 g/mol. The number of aliphatic imine (C=N–C) groups is 1. The summed E-state index contributed by atoms with van der Waals surface area (Å²) in [6.45, 7) is 4.74. The van der Waals surface area contributed by atoms with Gasteiger partial charge < -0.3 is 4.90 Å². The van der Waals surface area contributed by atoms with Crippen LogP contribution in [-0.4, -0.2) is 53.8 Å². The number of likely N-dealkylation sites (tertiary alicyclic amines) is 1. The fourth-order valence-electron chi connectivity index (χ4n) is 3.67. The van der Waals surface area contributed by atoms with Crippen molar-refractivity contribution in [3.05, 3.63) is 0 Å². The highest BCUT2D eigenvalue weighted by Gasteiger charge is 2.49. The van der Waals surface area contributed by atoms with E-state index >= 15 is 0 Å². The Morgan fingerprint density at radius 3 is 2.74 bits per heavy atom. The van der Waals surface area contributed by atoms with Gasteiger partial charge in [0, 0.05) is 19.5 Å². The van der Waals surface area contributed by atoms with Crippen molar-refractivity contribution in [2.45, 2.75) is 51.0 Å². The van der Waals surface area contributed by atoms with Crippen LogP contribution in [0.2, 0.25) is 0 Å². The number of piperidine rings is 1. The molecular formula is C15H25N3O. The maximum atomic E-state index is 12.7. The lowest BCUT2D eigenvalue weighted by atomic mass is 9.82. The first-order valence-corrected chi connectivity index (χ1v) is 7.74. The van der Waals surface area contributed by atoms with Gasteiger partial charge in [-0.3, -0.25) is 14.7 Å². The Kier molecular flexibility index (Phi) is 3.37. The summed E-state index contributed by atoms with van der Waals surface area (Å²) in [6.07, 6.45) is 7.02. The molecule has 4 nitrogen and oxygen atoms in total. The van der Waals surface area contributed by atoms with Gasteiger partial charge in [-0.2, -0.15) is 0 Å². The van der Waals surface area contributed by atoms with E-state index in [1.54, 1.807) is 0 Å². The fourth-order valence-corrected chi connectivity index (χ4v) is 3.67. The Morgan fingerprint density at radius 2 is 2.16 bits per heavy atom. The molecule has 19 heavy (non-hydrogen) atoms. The average Bonchev–Trinajstić information content (AvgIpc) is 2.57. The van der Waals surface area contributed by atoms with Gasteiger partial charge in [0.2, 0.25) is 0 Å². The van der Waals surface area contributed by atoms with Crippen molar-refractivity contribution in [3.8, 4) is 0 Å². The number of hydrogen-bond acceptors (Lipinski definition) is 3. The van der Waals surface area contributed by atoms with Crippen LogP contribution in [-0.2, 0) is 4.79 Å². The summed E-state index contributed by atoms with van der Waals surface area (Å²) in [5.41, 5.74) is -0.442. The average molecular weight is 263 g/mol. The van der Waals surface area contributed by atoms with E-state index in [9.17, 15) is 4.79 Å². The molecule has 106 valence electrons. The minimum atomic E-state index is -0.442. The van der Waals surface area contributed by atoms with Crippen molar-refractivity contribution < 1.29 is 4.79 Å². The van der Waals surface area contributed by atoms with E-state index in [1.165, 1.54) is 19.3 Å². The fraction of sp³-hybridized carbons (Fsp3) is 0.867. The Morgan fingerprint density at radius 1 is 1.37 bits per heavy atom. The molecule has 1 spiro atoms. The third kappa shape index (κ3) is 2.20. The summed E-state index contributed by atoms with van der Waals surface area (Å²) in [4.78, 5) is 21.9. The summed E-state index contributed by atoms with van der Waals surface area (Å²) >= 11 is 0. The normalized spacial score (nSPS) is 32.8. The number of carbonyl (C=O) groups is 1. The smallest absolute Gasteiger partial charge is 0.257 e. The predicted molar refractivity (Wildman–Crippen MR) is 76.2 cm³/mol. The first-order valence-electron chi connectivity index (χ1n) is 7.74. The minimum Gasteiger partial charge on any atom is -0.303 e. The molecule has 0 radical (unpaired) electrons. The Labute approximate surface area is 115 Å². The molecular weight excluding hydrogens is 238 g/mol. The quantitative estimate of drug-likeness (QED) is 0.779. The van der Waals surface area contributed by atoms with Crippen LogP contribution in [0.25, 0.3) is 0 Å². The lowest BCUT2D eigenvalue weighted by Crippen LogP contribution is -2.52. The Bertz CT molecular complexity index is 402. The molecule has 1 amide bonds. The zero-order chi connectivity index (χ0) is 13.5. The van der Waals surface area contributed by atoms with Crippen LogP contribution in [0.3, 0.4) is 0 Å². The zero-order valence-electron chi connectivity index (χ0n) is 12.2. The van der Waals surface area contributed by atoms with Gasteiger partial charge in [-0.1, -0.05) is 19.3 Å². The van der Waals surface area contributed by atoms with Gasteiger partial charge >= 0.3 is 0 Å². The van der Waals surface area contributed by atoms with E-state index < -0.39 is 5.54 Å². The second kappa shape index (κ2) is 4.89. The van der Waals surface area contributed by atoms with Gasteiger partial charge in [-0.15, -0.1) is 0 Å². The summed E-state index contributed by atoms with van der Waals surface area (Å²) < 4.78 is 0. The first-order chi connectivity index (χ1) is 9.14. The molecule has 2 fully saturated rings. The second-order valence-corrected chi connectivity index (χ2v) is 6.45. The van der Waals surface area contributed by atoms with Gasteiger partial charge in [0.05, 0.1) is 0 Å². The topological polar surface area (TPSA) is 35.9 Å². The van der Waals surface area contributed by atoms with Crippen molar-refractivity contribution in [1.82, 2.24) is 9.80 Å². The maximum Gasteiger partial charge on any atom is 0.257 e. The van der Waals surface area contributed by atoms with E-state index in [-0.39, 0.29) is 5.91 Å². The molecule has 0 aromatic rings. The van der Waals surface area contributed by atoms with Crippen LogP contribution in [0.15, 0.2) is 4.99 Å². The van der Waals surface area contributed by atoms with Gasteiger partial charge in [0.1, 0.15) is 5.84 Å². The molecule has 2 aliphatic heterocycles. The lowest BCUT2D eigenvalue weighted by Gasteiger charge is -2.35. The van der Waals surface area contributed by atoms with E-state index in [0.717, 1.165) is 50.7 Å².